The highest BCUT2D eigenvalue weighted by Crippen LogP contribution is 2.16. The highest BCUT2D eigenvalue weighted by Gasteiger charge is 2.04. The van der Waals surface area contributed by atoms with Gasteiger partial charge in [0.15, 0.2) is 0 Å². The fourth-order valence-corrected chi connectivity index (χ4v) is 2.10. The molecule has 0 bridgehead atoms. The van der Waals surface area contributed by atoms with Gasteiger partial charge in [-0.1, -0.05) is 6.07 Å². The van der Waals surface area contributed by atoms with Gasteiger partial charge in [-0.2, -0.15) is 0 Å². The Morgan fingerprint density at radius 1 is 1.33 bits per heavy atom. The normalized spacial score (nSPS) is 11.3. The third-order valence-corrected chi connectivity index (χ3v) is 3.31. The van der Waals surface area contributed by atoms with E-state index in [1.165, 1.54) is 11.1 Å². The molecule has 98 valence electrons. The van der Waals surface area contributed by atoms with Crippen molar-refractivity contribution in [2.75, 3.05) is 13.1 Å². The van der Waals surface area contributed by atoms with Crippen LogP contribution in [-0.2, 0) is 13.6 Å². The Bertz CT molecular complexity index is 516. The van der Waals surface area contributed by atoms with Crippen LogP contribution < -0.4 is 11.1 Å². The molecular formula is C14H22N4. The van der Waals surface area contributed by atoms with Crippen LogP contribution in [0.15, 0.2) is 18.2 Å². The lowest BCUT2D eigenvalue weighted by Crippen LogP contribution is -2.15. The monoisotopic (exact) mass is 246 g/mol. The van der Waals surface area contributed by atoms with Crippen molar-refractivity contribution in [2.24, 2.45) is 12.8 Å². The Balaban J connectivity index is 1.98. The van der Waals surface area contributed by atoms with Crippen molar-refractivity contribution in [3.63, 3.8) is 0 Å². The van der Waals surface area contributed by atoms with E-state index < -0.39 is 0 Å². The molecule has 1 aromatic carbocycles. The van der Waals surface area contributed by atoms with Gasteiger partial charge in [-0.15, -0.1) is 0 Å². The van der Waals surface area contributed by atoms with Gasteiger partial charge in [-0.3, -0.25) is 0 Å². The lowest BCUT2D eigenvalue weighted by atomic mass is 10.2. The van der Waals surface area contributed by atoms with Gasteiger partial charge in [-0.25, -0.2) is 4.98 Å². The second-order valence-corrected chi connectivity index (χ2v) is 4.71. The van der Waals surface area contributed by atoms with Gasteiger partial charge in [0.2, 0.25) is 0 Å². The van der Waals surface area contributed by atoms with Gasteiger partial charge >= 0.3 is 0 Å². The lowest BCUT2D eigenvalue weighted by molar-refractivity contribution is 0.628. The fraction of sp³-hybridized carbons (Fsp3) is 0.500. The van der Waals surface area contributed by atoms with E-state index in [-0.39, 0.29) is 0 Å². The van der Waals surface area contributed by atoms with Crippen LogP contribution >= 0.6 is 0 Å². The number of aryl methyl sites for hydroxylation is 2. The van der Waals surface area contributed by atoms with Gasteiger partial charge in [0, 0.05) is 13.6 Å². The predicted molar refractivity (Wildman–Crippen MR) is 75.4 cm³/mol. The van der Waals surface area contributed by atoms with Crippen molar-refractivity contribution in [1.82, 2.24) is 14.9 Å². The molecule has 0 atom stereocenters. The molecule has 2 aromatic rings. The highest BCUT2D eigenvalue weighted by molar-refractivity contribution is 5.76. The van der Waals surface area contributed by atoms with Crippen LogP contribution in [0.1, 0.15) is 24.2 Å². The molecule has 2 rings (SSSR count). The minimum absolute atomic E-state index is 0.779. The number of nitrogens with zero attached hydrogens (tertiary/aromatic N) is 2. The van der Waals surface area contributed by atoms with Gasteiger partial charge < -0.3 is 15.6 Å². The van der Waals surface area contributed by atoms with Crippen LogP contribution in [0.4, 0.5) is 0 Å². The minimum atomic E-state index is 0.779. The maximum atomic E-state index is 5.46. The van der Waals surface area contributed by atoms with Crippen LogP contribution in [-0.4, -0.2) is 22.6 Å². The molecule has 0 spiro atoms. The summed E-state index contributed by atoms with van der Waals surface area (Å²) in [5.41, 5.74) is 9.02. The van der Waals surface area contributed by atoms with E-state index in [1.54, 1.807) is 0 Å². The zero-order chi connectivity index (χ0) is 13.0. The summed E-state index contributed by atoms with van der Waals surface area (Å²) in [4.78, 5) is 4.55. The van der Waals surface area contributed by atoms with Crippen molar-refractivity contribution < 1.29 is 0 Å². The first-order valence-corrected chi connectivity index (χ1v) is 6.55. The molecule has 1 aromatic heterocycles. The van der Waals surface area contributed by atoms with Crippen LogP contribution in [0.2, 0.25) is 0 Å². The Morgan fingerprint density at radius 2 is 2.17 bits per heavy atom. The number of hydrogen-bond acceptors (Lipinski definition) is 3. The van der Waals surface area contributed by atoms with E-state index in [0.717, 1.165) is 43.8 Å². The molecule has 0 saturated heterocycles. The summed E-state index contributed by atoms with van der Waals surface area (Å²) in [6.07, 6.45) is 2.23. The molecule has 0 aliphatic heterocycles. The smallest absolute Gasteiger partial charge is 0.106 e. The summed E-state index contributed by atoms with van der Waals surface area (Å²) in [6, 6.07) is 6.48. The van der Waals surface area contributed by atoms with Crippen molar-refractivity contribution in [1.29, 1.82) is 0 Å². The standard InChI is InChI=1S/C14H22N4/c1-11-17-13-9-12(5-6-14(13)18(11)2)10-16-8-4-3-7-15/h5-6,9,16H,3-4,7-8,10,15H2,1-2H3. The average molecular weight is 246 g/mol. The first kappa shape index (κ1) is 13.1. The van der Waals surface area contributed by atoms with Crippen molar-refractivity contribution in [2.45, 2.75) is 26.3 Å². The summed E-state index contributed by atoms with van der Waals surface area (Å²) < 4.78 is 2.12. The quantitative estimate of drug-likeness (QED) is 0.763. The molecule has 0 aliphatic carbocycles. The first-order chi connectivity index (χ1) is 8.72. The van der Waals surface area contributed by atoms with E-state index in [9.17, 15) is 0 Å². The number of nitrogens with one attached hydrogen (secondary N) is 1. The molecule has 0 fully saturated rings. The predicted octanol–water partition coefficient (Wildman–Crippen LogP) is 1.71. The van der Waals surface area contributed by atoms with Crippen LogP contribution in [0.5, 0.6) is 0 Å². The van der Waals surface area contributed by atoms with Crippen LogP contribution in [0, 0.1) is 6.92 Å². The Kier molecular flexibility index (Phi) is 4.33. The maximum Gasteiger partial charge on any atom is 0.106 e. The molecule has 18 heavy (non-hydrogen) atoms. The topological polar surface area (TPSA) is 55.9 Å². The summed E-state index contributed by atoms with van der Waals surface area (Å²) in [5, 5.41) is 3.43. The molecule has 1 heterocycles. The summed E-state index contributed by atoms with van der Waals surface area (Å²) >= 11 is 0. The number of imidazole rings is 1. The Morgan fingerprint density at radius 3 is 2.94 bits per heavy atom. The second-order valence-electron chi connectivity index (χ2n) is 4.71. The maximum absolute atomic E-state index is 5.46. The third kappa shape index (κ3) is 2.89. The number of fused-ring (bicyclic) bond motifs is 1. The molecule has 0 radical (unpaired) electrons. The van der Waals surface area contributed by atoms with Gasteiger partial charge in [0.05, 0.1) is 11.0 Å². The zero-order valence-electron chi connectivity index (χ0n) is 11.2. The van der Waals surface area contributed by atoms with E-state index in [4.69, 9.17) is 5.73 Å². The molecule has 0 amide bonds. The van der Waals surface area contributed by atoms with E-state index in [1.807, 2.05) is 6.92 Å². The molecule has 0 aliphatic rings. The third-order valence-electron chi connectivity index (χ3n) is 3.31. The summed E-state index contributed by atoms with van der Waals surface area (Å²) in [6.45, 7) is 4.73. The van der Waals surface area contributed by atoms with Gasteiger partial charge in [0.1, 0.15) is 5.82 Å². The highest BCUT2D eigenvalue weighted by atomic mass is 15.0. The lowest BCUT2D eigenvalue weighted by Gasteiger charge is -2.04. The molecular weight excluding hydrogens is 224 g/mol. The molecule has 3 N–H and O–H groups in total. The SMILES string of the molecule is Cc1nc2cc(CNCCCCN)ccc2n1C. The number of hydrogen-bond donors (Lipinski definition) is 2. The number of rotatable bonds is 6. The molecule has 4 nitrogen and oxygen atoms in total. The second kappa shape index (κ2) is 5.98. The largest absolute Gasteiger partial charge is 0.331 e. The van der Waals surface area contributed by atoms with E-state index in [0.29, 0.717) is 0 Å². The first-order valence-electron chi connectivity index (χ1n) is 6.55. The Hall–Kier alpha value is -1.39. The summed E-state index contributed by atoms with van der Waals surface area (Å²) in [7, 11) is 2.05. The summed E-state index contributed by atoms with van der Waals surface area (Å²) in [5.74, 6) is 1.05. The fourth-order valence-electron chi connectivity index (χ4n) is 2.10. The minimum Gasteiger partial charge on any atom is -0.331 e. The zero-order valence-corrected chi connectivity index (χ0v) is 11.2. The number of benzene rings is 1. The average Bonchev–Trinajstić information content (AvgIpc) is 2.65. The van der Waals surface area contributed by atoms with Crippen LogP contribution in [0.3, 0.4) is 0 Å². The van der Waals surface area contributed by atoms with Crippen molar-refractivity contribution in [3.8, 4) is 0 Å². The van der Waals surface area contributed by atoms with Gasteiger partial charge in [0.25, 0.3) is 0 Å². The van der Waals surface area contributed by atoms with E-state index in [2.05, 4.69) is 40.1 Å². The molecule has 4 heteroatoms. The number of unbranched alkanes of at least 4 members (excludes halogenated alkanes) is 1. The molecule has 0 unspecified atom stereocenters. The van der Waals surface area contributed by atoms with Gasteiger partial charge in [-0.05, 0) is 50.6 Å². The number of nitrogens with two attached hydrogens (primary N) is 1. The van der Waals surface area contributed by atoms with Crippen molar-refractivity contribution in [3.05, 3.63) is 29.6 Å². The van der Waals surface area contributed by atoms with E-state index >= 15 is 0 Å². The van der Waals surface area contributed by atoms with Crippen molar-refractivity contribution >= 4 is 11.0 Å². The Labute approximate surface area is 108 Å². The molecule has 0 saturated carbocycles. The van der Waals surface area contributed by atoms with Crippen LogP contribution in [0.25, 0.3) is 11.0 Å². The number of aromatic nitrogens is 2.